The van der Waals surface area contributed by atoms with E-state index in [1.165, 1.54) is 0 Å². The van der Waals surface area contributed by atoms with Crippen LogP contribution in [0.25, 0.3) is 0 Å². The molecular formula is CH5ClO2. The van der Waals surface area contributed by atoms with Gasteiger partial charge in [0, 0.05) is 0 Å². The maximum atomic E-state index is 7.12. The lowest BCUT2D eigenvalue weighted by Crippen LogP contribution is -1.66. The van der Waals surface area contributed by atoms with Gasteiger partial charge in [0.2, 0.25) is 0 Å². The lowest BCUT2D eigenvalue weighted by atomic mass is 11.6. The van der Waals surface area contributed by atoms with Crippen molar-refractivity contribution in [1.29, 1.82) is 0 Å². The number of rotatable bonds is 0. The predicted molar refractivity (Wildman–Crippen MR) is 16.6 cm³/mol. The molecule has 0 aliphatic rings. The van der Waals surface area contributed by atoms with Crippen LogP contribution in [0.1, 0.15) is 0 Å². The van der Waals surface area contributed by atoms with Gasteiger partial charge < -0.3 is 10.2 Å². The van der Waals surface area contributed by atoms with Crippen LogP contribution >= 0.6 is 12.4 Å². The molecule has 0 aliphatic heterocycles. The molecule has 28 valence electrons. The topological polar surface area (TPSA) is 40.5 Å². The van der Waals surface area contributed by atoms with Gasteiger partial charge in [0.05, 0.1) is 0 Å². The second kappa shape index (κ2) is 10.7. The van der Waals surface area contributed by atoms with E-state index in [2.05, 4.69) is 0 Å². The summed E-state index contributed by atoms with van der Waals surface area (Å²) >= 11 is 0. The van der Waals surface area contributed by atoms with Gasteiger partial charge in [0.1, 0.15) is 6.79 Å². The number of hydrogen-bond donors (Lipinski definition) is 2. The predicted octanol–water partition coefficient (Wildman–Crippen LogP) is -0.650. The van der Waals surface area contributed by atoms with Crippen LogP contribution in [0.5, 0.6) is 0 Å². The summed E-state index contributed by atoms with van der Waals surface area (Å²) in [7, 11) is 0. The molecule has 3 heteroatoms. The van der Waals surface area contributed by atoms with Crippen LogP contribution in [0.4, 0.5) is 0 Å². The van der Waals surface area contributed by atoms with E-state index in [0.29, 0.717) is 0 Å². The van der Waals surface area contributed by atoms with Gasteiger partial charge in [-0.3, -0.25) is 0 Å². The van der Waals surface area contributed by atoms with Crippen molar-refractivity contribution in [2.45, 2.75) is 0 Å². The first-order valence-electron chi connectivity index (χ1n) is 0.632. The zero-order chi connectivity index (χ0) is 2.71. The maximum absolute atomic E-state index is 7.12. The largest absolute Gasteiger partial charge is 0.371 e. The molecule has 0 saturated heterocycles. The normalized spacial score (nSPS) is 4.50. The van der Waals surface area contributed by atoms with Crippen LogP contribution < -0.4 is 0 Å². The summed E-state index contributed by atoms with van der Waals surface area (Å²) in [6.45, 7) is -0.750. The molecule has 0 rings (SSSR count). The molecule has 0 saturated carbocycles. The molecule has 0 aromatic heterocycles. The van der Waals surface area contributed by atoms with Gasteiger partial charge in [-0.05, 0) is 0 Å². The second-order valence-corrected chi connectivity index (χ2v) is 0.141. The first-order valence-corrected chi connectivity index (χ1v) is 0.632. The highest BCUT2D eigenvalue weighted by Gasteiger charge is 1.32. The van der Waals surface area contributed by atoms with E-state index in [-0.39, 0.29) is 12.4 Å². The number of hydrogen-bond acceptors (Lipinski definition) is 2. The van der Waals surface area contributed by atoms with Gasteiger partial charge in [0.15, 0.2) is 0 Å². The Morgan fingerprint density at radius 1 is 1.25 bits per heavy atom. The van der Waals surface area contributed by atoms with E-state index in [1.807, 2.05) is 0 Å². The third-order valence-corrected chi connectivity index (χ3v) is 0. The number of aliphatic hydroxyl groups excluding tert-OH is 1. The van der Waals surface area contributed by atoms with Crippen molar-refractivity contribution >= 4 is 12.4 Å². The quantitative estimate of drug-likeness (QED) is 0.383. The first-order chi connectivity index (χ1) is 1.41. The molecule has 0 spiro atoms. The molecule has 2 nitrogen and oxygen atoms in total. The Balaban J connectivity index is 0. The Kier molecular flexibility index (Phi) is 23.8. The van der Waals surface area contributed by atoms with Gasteiger partial charge in [0.25, 0.3) is 0 Å². The number of halogens is 1. The third-order valence-electron chi connectivity index (χ3n) is 0. The molecule has 0 fully saturated rings. The summed E-state index contributed by atoms with van der Waals surface area (Å²) in [5, 5.41) is 14.2. The zero-order valence-corrected chi connectivity index (χ0v) is 2.83. The van der Waals surface area contributed by atoms with Gasteiger partial charge >= 0.3 is 0 Å². The highest BCUT2D eigenvalue weighted by atomic mass is 35.5. The van der Waals surface area contributed by atoms with Crippen molar-refractivity contribution < 1.29 is 10.2 Å². The smallest absolute Gasteiger partial charge is 0.140 e. The standard InChI is InChI=1S/CH4O2.ClH/c2-1-3;/h2-3H,1H2;1H. The summed E-state index contributed by atoms with van der Waals surface area (Å²) in [6.07, 6.45) is 0. The zero-order valence-electron chi connectivity index (χ0n) is 2.01. The van der Waals surface area contributed by atoms with Crippen LogP contribution in [0.3, 0.4) is 0 Å². The van der Waals surface area contributed by atoms with Crippen molar-refractivity contribution in [2.75, 3.05) is 6.79 Å². The number of aliphatic hydroxyl groups is 2. The second-order valence-electron chi connectivity index (χ2n) is 0.141. The summed E-state index contributed by atoms with van der Waals surface area (Å²) in [5.74, 6) is 0. The average Bonchev–Trinajstić information content (AvgIpc) is 0.918. The fourth-order valence-electron chi connectivity index (χ4n) is 0. The molecule has 4 heavy (non-hydrogen) atoms. The lowest BCUT2D eigenvalue weighted by molar-refractivity contribution is 0.0773. The molecular weight excluding hydrogens is 79.5 g/mol. The molecule has 0 aromatic rings. The SMILES string of the molecule is Cl.OCO. The molecule has 0 aromatic carbocycles. The van der Waals surface area contributed by atoms with Crippen molar-refractivity contribution in [1.82, 2.24) is 0 Å². The highest BCUT2D eigenvalue weighted by molar-refractivity contribution is 5.85. The van der Waals surface area contributed by atoms with Gasteiger partial charge in [-0.25, -0.2) is 0 Å². The van der Waals surface area contributed by atoms with E-state index in [4.69, 9.17) is 10.2 Å². The van der Waals surface area contributed by atoms with Crippen molar-refractivity contribution in [3.8, 4) is 0 Å². The monoisotopic (exact) mass is 84.0 g/mol. The van der Waals surface area contributed by atoms with Crippen LogP contribution in [0.2, 0.25) is 0 Å². The van der Waals surface area contributed by atoms with Crippen LogP contribution in [0.15, 0.2) is 0 Å². The Morgan fingerprint density at radius 3 is 1.25 bits per heavy atom. The molecule has 0 bridgehead atoms. The van der Waals surface area contributed by atoms with Gasteiger partial charge in [-0.2, -0.15) is 0 Å². The lowest BCUT2D eigenvalue weighted by Gasteiger charge is -1.55. The summed E-state index contributed by atoms with van der Waals surface area (Å²) in [5.41, 5.74) is 0. The van der Waals surface area contributed by atoms with Crippen LogP contribution in [-0.2, 0) is 0 Å². The van der Waals surface area contributed by atoms with E-state index >= 15 is 0 Å². The van der Waals surface area contributed by atoms with Crippen LogP contribution in [0, 0.1) is 0 Å². The van der Waals surface area contributed by atoms with E-state index < -0.39 is 6.79 Å². The fourth-order valence-corrected chi connectivity index (χ4v) is 0. The van der Waals surface area contributed by atoms with Crippen molar-refractivity contribution in [3.05, 3.63) is 0 Å². The molecule has 0 unspecified atom stereocenters. The average molecular weight is 84.5 g/mol. The Hall–Kier alpha value is 0.210. The minimum atomic E-state index is -0.750. The molecule has 0 amide bonds. The van der Waals surface area contributed by atoms with Crippen LogP contribution in [-0.4, -0.2) is 17.0 Å². The minimum Gasteiger partial charge on any atom is -0.371 e. The van der Waals surface area contributed by atoms with Gasteiger partial charge in [-0.1, -0.05) is 0 Å². The van der Waals surface area contributed by atoms with E-state index in [1.54, 1.807) is 0 Å². The summed E-state index contributed by atoms with van der Waals surface area (Å²) < 4.78 is 0. The van der Waals surface area contributed by atoms with Crippen molar-refractivity contribution in [2.24, 2.45) is 0 Å². The van der Waals surface area contributed by atoms with Gasteiger partial charge in [-0.15, -0.1) is 12.4 Å². The molecule has 0 atom stereocenters. The Labute approximate surface area is 30.5 Å². The van der Waals surface area contributed by atoms with Crippen molar-refractivity contribution in [3.63, 3.8) is 0 Å². The third kappa shape index (κ3) is 73.4. The Bertz CT molecular complexity index is 6.00. The Morgan fingerprint density at radius 2 is 1.25 bits per heavy atom. The molecule has 2 N–H and O–H groups in total. The maximum Gasteiger partial charge on any atom is 0.140 e. The molecule has 0 aliphatic carbocycles. The van der Waals surface area contributed by atoms with E-state index in [9.17, 15) is 0 Å². The minimum absolute atomic E-state index is 0. The summed E-state index contributed by atoms with van der Waals surface area (Å²) in [6, 6.07) is 0. The van der Waals surface area contributed by atoms with E-state index in [0.717, 1.165) is 0 Å². The summed E-state index contributed by atoms with van der Waals surface area (Å²) in [4.78, 5) is 0. The highest BCUT2D eigenvalue weighted by Crippen LogP contribution is 1.17. The first kappa shape index (κ1) is 8.88. The molecule has 0 radical (unpaired) electrons. The molecule has 0 heterocycles. The fraction of sp³-hybridized carbons (Fsp3) is 1.00.